The molecule has 136 valence electrons. The summed E-state index contributed by atoms with van der Waals surface area (Å²) < 4.78 is 7.57. The first-order valence-electron chi connectivity index (χ1n) is 8.90. The van der Waals surface area contributed by atoms with Gasteiger partial charge >= 0.3 is 0 Å². The number of carbonyl (C=O) groups excluding carboxylic acids is 1. The number of rotatable bonds is 6. The van der Waals surface area contributed by atoms with Crippen molar-refractivity contribution in [2.24, 2.45) is 7.05 Å². The molecule has 0 radical (unpaired) electrons. The fourth-order valence-corrected chi connectivity index (χ4v) is 2.90. The standard InChI is InChI=1S/C20H24N4O2/c1-5-14(6-2)26-17-12-11-16-18(23-24(4)19(16)21-17)22-20(25)15-10-8-7-9-13(15)3/h7-12,14H,5-6H2,1-4H3,(H,22,23,25). The van der Waals surface area contributed by atoms with Gasteiger partial charge < -0.3 is 10.1 Å². The van der Waals surface area contributed by atoms with Gasteiger partial charge in [0.2, 0.25) is 5.88 Å². The lowest BCUT2D eigenvalue weighted by Crippen LogP contribution is -2.14. The van der Waals surface area contributed by atoms with Crippen molar-refractivity contribution in [3.05, 3.63) is 47.5 Å². The number of carbonyl (C=O) groups is 1. The van der Waals surface area contributed by atoms with Crippen molar-refractivity contribution in [2.75, 3.05) is 5.32 Å². The van der Waals surface area contributed by atoms with Crippen LogP contribution in [-0.4, -0.2) is 26.8 Å². The average Bonchev–Trinajstić information content (AvgIpc) is 2.95. The largest absolute Gasteiger partial charge is 0.474 e. The van der Waals surface area contributed by atoms with Crippen LogP contribution >= 0.6 is 0 Å². The molecular formula is C20H24N4O2. The Morgan fingerprint density at radius 2 is 1.92 bits per heavy atom. The number of hydrogen-bond donors (Lipinski definition) is 1. The molecule has 2 aromatic heterocycles. The van der Waals surface area contributed by atoms with E-state index >= 15 is 0 Å². The van der Waals surface area contributed by atoms with Crippen molar-refractivity contribution in [1.29, 1.82) is 0 Å². The Hall–Kier alpha value is -2.89. The Bertz CT molecular complexity index is 929. The molecule has 0 aliphatic rings. The molecule has 6 nitrogen and oxygen atoms in total. The number of aromatic nitrogens is 3. The van der Waals surface area contributed by atoms with E-state index in [1.165, 1.54) is 0 Å². The molecule has 0 saturated heterocycles. The van der Waals surface area contributed by atoms with Crippen LogP contribution in [0.2, 0.25) is 0 Å². The quantitative estimate of drug-likeness (QED) is 0.725. The molecule has 3 aromatic rings. The first-order valence-corrected chi connectivity index (χ1v) is 8.90. The summed E-state index contributed by atoms with van der Waals surface area (Å²) in [5.74, 6) is 0.892. The van der Waals surface area contributed by atoms with Gasteiger partial charge in [0.15, 0.2) is 11.5 Å². The van der Waals surface area contributed by atoms with E-state index in [2.05, 4.69) is 29.2 Å². The maximum atomic E-state index is 12.6. The fraction of sp³-hybridized carbons (Fsp3) is 0.350. The average molecular weight is 352 g/mol. The zero-order valence-corrected chi connectivity index (χ0v) is 15.6. The number of anilines is 1. The molecule has 0 aliphatic heterocycles. The normalized spacial score (nSPS) is 11.1. The molecule has 26 heavy (non-hydrogen) atoms. The van der Waals surface area contributed by atoms with Crippen molar-refractivity contribution in [3.8, 4) is 5.88 Å². The molecule has 0 unspecified atom stereocenters. The van der Waals surface area contributed by atoms with Gasteiger partial charge in [0.05, 0.1) is 11.5 Å². The van der Waals surface area contributed by atoms with E-state index in [1.54, 1.807) is 17.8 Å². The monoisotopic (exact) mass is 352 g/mol. The summed E-state index contributed by atoms with van der Waals surface area (Å²) in [4.78, 5) is 17.1. The molecule has 3 rings (SSSR count). The van der Waals surface area contributed by atoms with Gasteiger partial charge in [-0.2, -0.15) is 10.1 Å². The number of benzene rings is 1. The Labute approximate surface area is 153 Å². The van der Waals surface area contributed by atoms with E-state index in [1.807, 2.05) is 37.3 Å². The molecule has 0 bridgehead atoms. The van der Waals surface area contributed by atoms with Crippen molar-refractivity contribution in [3.63, 3.8) is 0 Å². The lowest BCUT2D eigenvalue weighted by molar-refractivity contribution is 0.102. The number of amides is 1. The first-order chi connectivity index (χ1) is 12.5. The topological polar surface area (TPSA) is 69.0 Å². The minimum atomic E-state index is -0.180. The van der Waals surface area contributed by atoms with Crippen LogP contribution in [0.4, 0.5) is 5.82 Å². The van der Waals surface area contributed by atoms with Gasteiger partial charge in [-0.1, -0.05) is 32.0 Å². The van der Waals surface area contributed by atoms with E-state index < -0.39 is 0 Å². The number of hydrogen-bond acceptors (Lipinski definition) is 4. The molecule has 6 heteroatoms. The zero-order valence-electron chi connectivity index (χ0n) is 15.6. The van der Waals surface area contributed by atoms with E-state index in [4.69, 9.17) is 4.74 Å². The van der Waals surface area contributed by atoms with Crippen LogP contribution in [0.15, 0.2) is 36.4 Å². The number of aryl methyl sites for hydroxylation is 2. The SMILES string of the molecule is CCC(CC)Oc1ccc2c(NC(=O)c3ccccc3C)nn(C)c2n1. The van der Waals surface area contributed by atoms with Crippen LogP contribution in [-0.2, 0) is 7.05 Å². The molecule has 1 aromatic carbocycles. The second-order valence-electron chi connectivity index (χ2n) is 6.32. The highest BCUT2D eigenvalue weighted by atomic mass is 16.5. The maximum Gasteiger partial charge on any atom is 0.257 e. The van der Waals surface area contributed by atoms with Crippen LogP contribution in [0.3, 0.4) is 0 Å². The molecule has 0 atom stereocenters. The molecule has 1 N–H and O–H groups in total. The number of pyridine rings is 1. The second-order valence-corrected chi connectivity index (χ2v) is 6.32. The smallest absolute Gasteiger partial charge is 0.257 e. The third-order valence-electron chi connectivity index (χ3n) is 4.48. The lowest BCUT2D eigenvalue weighted by atomic mass is 10.1. The van der Waals surface area contributed by atoms with Crippen LogP contribution in [0.1, 0.15) is 42.6 Å². The fourth-order valence-electron chi connectivity index (χ4n) is 2.90. The number of nitrogens with one attached hydrogen (secondary N) is 1. The summed E-state index contributed by atoms with van der Waals surface area (Å²) in [6, 6.07) is 11.2. The number of nitrogens with zero attached hydrogens (tertiary/aromatic N) is 3. The number of ether oxygens (including phenoxy) is 1. The molecule has 1 amide bonds. The second kappa shape index (κ2) is 7.56. The highest BCUT2D eigenvalue weighted by molar-refractivity contribution is 6.08. The third kappa shape index (κ3) is 3.54. The lowest BCUT2D eigenvalue weighted by Gasteiger charge is -2.14. The Kier molecular flexibility index (Phi) is 5.21. The van der Waals surface area contributed by atoms with E-state index in [0.29, 0.717) is 22.9 Å². The van der Waals surface area contributed by atoms with E-state index in [9.17, 15) is 4.79 Å². The van der Waals surface area contributed by atoms with Gasteiger partial charge in [-0.25, -0.2) is 4.68 Å². The predicted octanol–water partition coefficient (Wildman–Crippen LogP) is 4.10. The summed E-state index contributed by atoms with van der Waals surface area (Å²) in [7, 11) is 1.81. The van der Waals surface area contributed by atoms with Crippen LogP contribution in [0.5, 0.6) is 5.88 Å². The Balaban J connectivity index is 1.88. The molecule has 2 heterocycles. The zero-order chi connectivity index (χ0) is 18.7. The van der Waals surface area contributed by atoms with E-state index in [0.717, 1.165) is 23.8 Å². The summed E-state index contributed by atoms with van der Waals surface area (Å²) in [5.41, 5.74) is 2.23. The summed E-state index contributed by atoms with van der Waals surface area (Å²) in [5, 5.41) is 8.09. The molecule has 0 saturated carbocycles. The van der Waals surface area contributed by atoms with Gasteiger partial charge in [0.1, 0.15) is 0 Å². The van der Waals surface area contributed by atoms with Crippen molar-refractivity contribution in [1.82, 2.24) is 14.8 Å². The number of fused-ring (bicyclic) bond motifs is 1. The molecule has 0 fully saturated rings. The van der Waals surface area contributed by atoms with Crippen LogP contribution in [0.25, 0.3) is 11.0 Å². The summed E-state index contributed by atoms with van der Waals surface area (Å²) in [6.45, 7) is 6.10. The predicted molar refractivity (Wildman–Crippen MR) is 103 cm³/mol. The van der Waals surface area contributed by atoms with Gasteiger partial charge in [0, 0.05) is 18.7 Å². The van der Waals surface area contributed by atoms with Gasteiger partial charge in [-0.15, -0.1) is 0 Å². The van der Waals surface area contributed by atoms with E-state index in [-0.39, 0.29) is 12.0 Å². The Morgan fingerprint density at radius 1 is 1.19 bits per heavy atom. The minimum absolute atomic E-state index is 0.147. The molecule has 0 aliphatic carbocycles. The third-order valence-corrected chi connectivity index (χ3v) is 4.48. The van der Waals surface area contributed by atoms with Gasteiger partial charge in [-0.3, -0.25) is 4.79 Å². The van der Waals surface area contributed by atoms with Gasteiger partial charge in [-0.05, 0) is 37.5 Å². The molecule has 0 spiro atoms. The highest BCUT2D eigenvalue weighted by Crippen LogP contribution is 2.25. The maximum absolute atomic E-state index is 12.6. The minimum Gasteiger partial charge on any atom is -0.474 e. The molecular weight excluding hydrogens is 328 g/mol. The van der Waals surface area contributed by atoms with Gasteiger partial charge in [0.25, 0.3) is 5.91 Å². The van der Waals surface area contributed by atoms with Crippen molar-refractivity contribution in [2.45, 2.75) is 39.7 Å². The highest BCUT2D eigenvalue weighted by Gasteiger charge is 2.16. The summed E-state index contributed by atoms with van der Waals surface area (Å²) >= 11 is 0. The van der Waals surface area contributed by atoms with Crippen LogP contribution in [0, 0.1) is 6.92 Å². The summed E-state index contributed by atoms with van der Waals surface area (Å²) in [6.07, 6.45) is 2.01. The Morgan fingerprint density at radius 3 is 2.62 bits per heavy atom. The van der Waals surface area contributed by atoms with Crippen LogP contribution < -0.4 is 10.1 Å². The van der Waals surface area contributed by atoms with Crippen molar-refractivity contribution >= 4 is 22.8 Å². The van der Waals surface area contributed by atoms with Crippen molar-refractivity contribution < 1.29 is 9.53 Å². The first kappa shape index (κ1) is 17.9.